The van der Waals surface area contributed by atoms with Crippen LogP contribution in [0.3, 0.4) is 0 Å². The van der Waals surface area contributed by atoms with E-state index in [2.05, 4.69) is 10.3 Å². The van der Waals surface area contributed by atoms with Crippen molar-refractivity contribution >= 4 is 44.2 Å². The molecular weight excluding hydrogens is 402 g/mol. The molecule has 1 amide bonds. The van der Waals surface area contributed by atoms with Gasteiger partial charge in [0.25, 0.3) is 0 Å². The maximum absolute atomic E-state index is 12.4. The minimum Gasteiger partial charge on any atom is -0.301 e. The SMILES string of the molecule is CC(C)S(=O)(=O)N1CCc2nc(NC(=O)CSCc3ccccc3)sc2C1. The van der Waals surface area contributed by atoms with Gasteiger partial charge < -0.3 is 5.32 Å². The zero-order valence-electron chi connectivity index (χ0n) is 15.3. The maximum atomic E-state index is 12.4. The second-order valence-corrected chi connectivity index (χ2v) is 11.2. The minimum absolute atomic E-state index is 0.0892. The first-order valence-corrected chi connectivity index (χ1v) is 12.2. The number of nitrogens with one attached hydrogen (secondary N) is 1. The monoisotopic (exact) mass is 425 g/mol. The van der Waals surface area contributed by atoms with E-state index in [9.17, 15) is 13.2 Å². The lowest BCUT2D eigenvalue weighted by Gasteiger charge is -2.26. The fraction of sp³-hybridized carbons (Fsp3) is 0.444. The van der Waals surface area contributed by atoms with Gasteiger partial charge in [-0.2, -0.15) is 4.31 Å². The third-order valence-electron chi connectivity index (χ3n) is 4.24. The van der Waals surface area contributed by atoms with Crippen molar-refractivity contribution in [2.24, 2.45) is 0 Å². The lowest BCUT2D eigenvalue weighted by molar-refractivity contribution is -0.113. The molecule has 0 spiro atoms. The minimum atomic E-state index is -3.27. The molecule has 0 aliphatic carbocycles. The van der Waals surface area contributed by atoms with Crippen molar-refractivity contribution in [1.82, 2.24) is 9.29 Å². The van der Waals surface area contributed by atoms with Crippen LogP contribution in [0.1, 0.15) is 30.0 Å². The summed E-state index contributed by atoms with van der Waals surface area (Å²) in [6, 6.07) is 10.0. The average Bonchev–Trinajstić information content (AvgIpc) is 3.03. The number of thiazole rings is 1. The average molecular weight is 426 g/mol. The van der Waals surface area contributed by atoms with E-state index in [0.29, 0.717) is 30.4 Å². The second-order valence-electron chi connectivity index (χ2n) is 6.59. The van der Waals surface area contributed by atoms with Gasteiger partial charge in [0.1, 0.15) is 0 Å². The van der Waals surface area contributed by atoms with E-state index in [1.54, 1.807) is 25.6 Å². The molecule has 0 fully saturated rings. The predicted octanol–water partition coefficient (Wildman–Crippen LogP) is 3.11. The molecule has 1 aromatic heterocycles. The van der Waals surface area contributed by atoms with Crippen LogP contribution in [0.2, 0.25) is 0 Å². The Bertz CT molecular complexity index is 895. The van der Waals surface area contributed by atoms with Gasteiger partial charge in [-0.25, -0.2) is 13.4 Å². The number of amides is 1. The van der Waals surface area contributed by atoms with Crippen molar-refractivity contribution < 1.29 is 13.2 Å². The lowest BCUT2D eigenvalue weighted by Crippen LogP contribution is -2.39. The Morgan fingerprint density at radius 3 is 2.78 bits per heavy atom. The van der Waals surface area contributed by atoms with Crippen molar-refractivity contribution in [1.29, 1.82) is 0 Å². The summed E-state index contributed by atoms with van der Waals surface area (Å²) in [6.45, 7) is 4.16. The quantitative estimate of drug-likeness (QED) is 0.737. The number of fused-ring (bicyclic) bond motifs is 1. The van der Waals surface area contributed by atoms with Crippen molar-refractivity contribution in [3.05, 3.63) is 46.5 Å². The number of sulfonamides is 1. The summed E-state index contributed by atoms with van der Waals surface area (Å²) in [5.74, 6) is 1.05. The fourth-order valence-corrected chi connectivity index (χ4v) is 5.89. The smallest absolute Gasteiger partial charge is 0.236 e. The van der Waals surface area contributed by atoms with Gasteiger partial charge in [-0.3, -0.25) is 4.79 Å². The summed E-state index contributed by atoms with van der Waals surface area (Å²) < 4.78 is 26.2. The van der Waals surface area contributed by atoms with Gasteiger partial charge in [-0.05, 0) is 19.4 Å². The van der Waals surface area contributed by atoms with Gasteiger partial charge in [0.05, 0.1) is 16.7 Å². The summed E-state index contributed by atoms with van der Waals surface area (Å²) >= 11 is 2.92. The highest BCUT2D eigenvalue weighted by atomic mass is 32.2. The second kappa shape index (κ2) is 8.72. The fourth-order valence-electron chi connectivity index (χ4n) is 2.73. The van der Waals surface area contributed by atoms with E-state index in [-0.39, 0.29) is 5.91 Å². The molecule has 0 atom stereocenters. The number of aromatic nitrogens is 1. The number of hydrogen-bond acceptors (Lipinski definition) is 6. The lowest BCUT2D eigenvalue weighted by atomic mass is 10.2. The summed E-state index contributed by atoms with van der Waals surface area (Å²) in [5, 5.41) is 2.95. The molecule has 0 bridgehead atoms. The van der Waals surface area contributed by atoms with Crippen LogP contribution in [0.4, 0.5) is 5.13 Å². The van der Waals surface area contributed by atoms with Gasteiger partial charge in [0.15, 0.2) is 5.13 Å². The molecule has 0 saturated carbocycles. The summed E-state index contributed by atoms with van der Waals surface area (Å²) in [6.07, 6.45) is 0.580. The van der Waals surface area contributed by atoms with Crippen LogP contribution in [-0.4, -0.2) is 41.2 Å². The standard InChI is InChI=1S/C18H23N3O3S3/c1-13(2)27(23,24)21-9-8-15-16(10-21)26-18(19-15)20-17(22)12-25-11-14-6-4-3-5-7-14/h3-7,13H,8-12H2,1-2H3,(H,19,20,22). The van der Waals surface area contributed by atoms with E-state index in [1.807, 2.05) is 30.3 Å². The number of carbonyl (C=O) groups excluding carboxylic acids is 1. The number of rotatable bonds is 7. The van der Waals surface area contributed by atoms with E-state index in [4.69, 9.17) is 0 Å². The van der Waals surface area contributed by atoms with Crippen molar-refractivity contribution in [3.63, 3.8) is 0 Å². The zero-order valence-corrected chi connectivity index (χ0v) is 17.8. The largest absolute Gasteiger partial charge is 0.301 e. The summed E-state index contributed by atoms with van der Waals surface area (Å²) in [4.78, 5) is 17.5. The van der Waals surface area contributed by atoms with Crippen LogP contribution >= 0.6 is 23.1 Å². The molecule has 2 aromatic rings. The molecule has 0 radical (unpaired) electrons. The number of thioether (sulfide) groups is 1. The highest BCUT2D eigenvalue weighted by Crippen LogP contribution is 2.30. The zero-order chi connectivity index (χ0) is 19.4. The van der Waals surface area contributed by atoms with E-state index >= 15 is 0 Å². The molecule has 1 aromatic carbocycles. The van der Waals surface area contributed by atoms with Crippen LogP contribution < -0.4 is 5.32 Å². The van der Waals surface area contributed by atoms with Gasteiger partial charge in [-0.1, -0.05) is 30.3 Å². The molecule has 1 aliphatic heterocycles. The third-order valence-corrected chi connectivity index (χ3v) is 8.47. The topological polar surface area (TPSA) is 79.4 Å². The Morgan fingerprint density at radius 1 is 1.33 bits per heavy atom. The first-order valence-electron chi connectivity index (χ1n) is 8.75. The van der Waals surface area contributed by atoms with Crippen molar-refractivity contribution in [2.75, 3.05) is 17.6 Å². The molecular formula is C18H23N3O3S3. The van der Waals surface area contributed by atoms with Crippen molar-refractivity contribution in [3.8, 4) is 0 Å². The first-order chi connectivity index (χ1) is 12.9. The Labute approximate surface area is 168 Å². The van der Waals surface area contributed by atoms with E-state index in [0.717, 1.165) is 16.3 Å². The third kappa shape index (κ3) is 5.10. The number of anilines is 1. The van der Waals surface area contributed by atoms with Gasteiger partial charge in [0.2, 0.25) is 15.9 Å². The number of carbonyl (C=O) groups is 1. The molecule has 2 heterocycles. The molecule has 3 rings (SSSR count). The van der Waals surface area contributed by atoms with E-state index < -0.39 is 15.3 Å². The van der Waals surface area contributed by atoms with Gasteiger partial charge >= 0.3 is 0 Å². The highest BCUT2D eigenvalue weighted by Gasteiger charge is 2.31. The summed E-state index contributed by atoms with van der Waals surface area (Å²) in [5.41, 5.74) is 2.08. The van der Waals surface area contributed by atoms with Gasteiger partial charge in [-0.15, -0.1) is 23.1 Å². The maximum Gasteiger partial charge on any atom is 0.236 e. The predicted molar refractivity (Wildman–Crippen MR) is 112 cm³/mol. The van der Waals surface area contributed by atoms with Crippen LogP contribution in [-0.2, 0) is 33.5 Å². The first kappa shape index (κ1) is 20.3. The molecule has 6 nitrogen and oxygen atoms in total. The van der Waals surface area contributed by atoms with Crippen LogP contribution in [0.25, 0.3) is 0 Å². The Balaban J connectivity index is 1.54. The highest BCUT2D eigenvalue weighted by molar-refractivity contribution is 7.99. The molecule has 9 heteroatoms. The molecule has 27 heavy (non-hydrogen) atoms. The molecule has 1 N–H and O–H groups in total. The molecule has 1 aliphatic rings. The Kier molecular flexibility index (Phi) is 6.56. The van der Waals surface area contributed by atoms with E-state index in [1.165, 1.54) is 21.2 Å². The normalized spacial score (nSPS) is 14.9. The molecule has 146 valence electrons. The molecule has 0 saturated heterocycles. The number of hydrogen-bond donors (Lipinski definition) is 1. The van der Waals surface area contributed by atoms with Crippen molar-refractivity contribution in [2.45, 2.75) is 37.8 Å². The van der Waals surface area contributed by atoms with Gasteiger partial charge in [0, 0.05) is 30.1 Å². The Hall–Kier alpha value is -1.42. The van der Waals surface area contributed by atoms with Crippen LogP contribution in [0.15, 0.2) is 30.3 Å². The Morgan fingerprint density at radius 2 is 2.07 bits per heavy atom. The van der Waals surface area contributed by atoms with Crippen LogP contribution in [0.5, 0.6) is 0 Å². The summed E-state index contributed by atoms with van der Waals surface area (Å²) in [7, 11) is -3.27. The number of nitrogens with zero attached hydrogens (tertiary/aromatic N) is 2. The number of benzene rings is 1. The molecule has 0 unspecified atom stereocenters. The van der Waals surface area contributed by atoms with Crippen LogP contribution in [0, 0.1) is 0 Å².